The van der Waals surface area contributed by atoms with Crippen LogP contribution in [0.15, 0.2) is 53.1 Å². The summed E-state index contributed by atoms with van der Waals surface area (Å²) in [5.41, 5.74) is 6.75. The second kappa shape index (κ2) is 5.20. The molecule has 2 aliphatic carbocycles. The number of benzene rings is 1. The highest BCUT2D eigenvalue weighted by Crippen LogP contribution is 2.50. The van der Waals surface area contributed by atoms with Gasteiger partial charge in [-0.1, -0.05) is 49.6 Å². The normalized spacial score (nSPS) is 18.3. The monoisotopic (exact) mass is 402 g/mol. The van der Waals surface area contributed by atoms with E-state index in [0.717, 1.165) is 10.3 Å². The van der Waals surface area contributed by atoms with E-state index in [0.29, 0.717) is 0 Å². The van der Waals surface area contributed by atoms with Gasteiger partial charge in [-0.25, -0.2) is 4.98 Å². The molecule has 2 nitrogen and oxygen atoms in total. The summed E-state index contributed by atoms with van der Waals surface area (Å²) in [7, 11) is 0. The third kappa shape index (κ3) is 1.84. The second-order valence-corrected chi connectivity index (χ2v) is 8.59. The lowest BCUT2D eigenvalue weighted by Gasteiger charge is -2.37. The lowest BCUT2D eigenvalue weighted by atomic mass is 9.66. The topological polar surface area (TPSA) is 17.3 Å². The first-order valence-electron chi connectivity index (χ1n) is 9.49. The molecule has 1 spiro atoms. The van der Waals surface area contributed by atoms with Crippen LogP contribution in [0.4, 0.5) is 0 Å². The van der Waals surface area contributed by atoms with Crippen molar-refractivity contribution in [2.75, 3.05) is 0 Å². The Morgan fingerprint density at radius 3 is 2.73 bits per heavy atom. The maximum absolute atomic E-state index is 4.86. The molecule has 3 heterocycles. The Kier molecular flexibility index (Phi) is 3.00. The van der Waals surface area contributed by atoms with E-state index >= 15 is 0 Å². The van der Waals surface area contributed by atoms with Crippen molar-refractivity contribution in [1.82, 2.24) is 9.38 Å². The number of allylic oxidation sites excluding steroid dienone is 1. The van der Waals surface area contributed by atoms with Crippen LogP contribution in [0.5, 0.6) is 0 Å². The minimum Gasteiger partial charge on any atom is -0.293 e. The molecule has 3 aromatic heterocycles. The summed E-state index contributed by atoms with van der Waals surface area (Å²) in [4.78, 5) is 4.86. The molecule has 0 bridgehead atoms. The first-order valence-corrected chi connectivity index (χ1v) is 10.3. The van der Waals surface area contributed by atoms with Crippen LogP contribution in [0.3, 0.4) is 0 Å². The van der Waals surface area contributed by atoms with Crippen LogP contribution in [0.25, 0.3) is 33.5 Å². The van der Waals surface area contributed by atoms with Crippen LogP contribution < -0.4 is 0 Å². The average molecular weight is 403 g/mol. The van der Waals surface area contributed by atoms with Crippen molar-refractivity contribution in [3.8, 4) is 0 Å². The zero-order valence-electron chi connectivity index (χ0n) is 14.5. The summed E-state index contributed by atoms with van der Waals surface area (Å²) in [6, 6.07) is 15.4. The van der Waals surface area contributed by atoms with Crippen molar-refractivity contribution in [3.63, 3.8) is 0 Å². The zero-order chi connectivity index (χ0) is 17.3. The van der Waals surface area contributed by atoms with Gasteiger partial charge in [0.2, 0.25) is 0 Å². The fourth-order valence-electron chi connectivity index (χ4n) is 5.26. The highest BCUT2D eigenvalue weighted by molar-refractivity contribution is 9.10. The second-order valence-electron chi connectivity index (χ2n) is 7.77. The summed E-state index contributed by atoms with van der Waals surface area (Å²) < 4.78 is 3.29. The molecule has 0 amide bonds. The molecular formula is C23H19BrN2. The Balaban J connectivity index is 1.87. The number of halogens is 1. The van der Waals surface area contributed by atoms with E-state index in [1.54, 1.807) is 0 Å². The molecule has 0 N–H and O–H groups in total. The number of hydrogen-bond donors (Lipinski definition) is 0. The Labute approximate surface area is 160 Å². The van der Waals surface area contributed by atoms with Crippen molar-refractivity contribution in [1.29, 1.82) is 0 Å². The van der Waals surface area contributed by atoms with E-state index in [1.807, 2.05) is 6.07 Å². The van der Waals surface area contributed by atoms with E-state index in [4.69, 9.17) is 4.98 Å². The Bertz CT molecular complexity index is 1230. The molecule has 128 valence electrons. The van der Waals surface area contributed by atoms with E-state index in [1.165, 1.54) is 65.0 Å². The van der Waals surface area contributed by atoms with E-state index < -0.39 is 0 Å². The van der Waals surface area contributed by atoms with Gasteiger partial charge in [0.05, 0.1) is 11.0 Å². The van der Waals surface area contributed by atoms with Crippen molar-refractivity contribution in [2.24, 2.45) is 0 Å². The van der Waals surface area contributed by atoms with Gasteiger partial charge < -0.3 is 0 Å². The quantitative estimate of drug-likeness (QED) is 0.301. The maximum Gasteiger partial charge on any atom is 0.146 e. The van der Waals surface area contributed by atoms with Crippen molar-refractivity contribution >= 4 is 49.5 Å². The third-order valence-electron chi connectivity index (χ3n) is 6.37. The number of para-hydroxylation sites is 1. The first-order chi connectivity index (χ1) is 12.8. The maximum atomic E-state index is 4.86. The number of pyridine rings is 2. The minimum atomic E-state index is 0.194. The summed E-state index contributed by atoms with van der Waals surface area (Å²) in [6.45, 7) is 0. The molecule has 1 fully saturated rings. The summed E-state index contributed by atoms with van der Waals surface area (Å²) in [5.74, 6) is 0. The molecule has 6 rings (SSSR count). The Morgan fingerprint density at radius 2 is 1.85 bits per heavy atom. The summed E-state index contributed by atoms with van der Waals surface area (Å²) >= 11 is 3.57. The van der Waals surface area contributed by atoms with E-state index in [-0.39, 0.29) is 5.41 Å². The zero-order valence-corrected chi connectivity index (χ0v) is 16.1. The predicted molar refractivity (Wildman–Crippen MR) is 112 cm³/mol. The number of nitrogens with zero attached hydrogens (tertiary/aromatic N) is 2. The molecule has 0 saturated heterocycles. The van der Waals surface area contributed by atoms with E-state index in [9.17, 15) is 0 Å². The van der Waals surface area contributed by atoms with Gasteiger partial charge in [0.1, 0.15) is 10.3 Å². The standard InChI is InChI=1S/C23H19BrN2/c24-19-9-8-16-14-15-10-13-23(11-4-1-5-12-23)20-17-6-2-3-7-18(17)26(21(15)20)22(16)25-19/h2-3,6-10,13-14H,1,4-5,11-12H2. The fraction of sp³-hybridized carbons (Fsp3) is 0.261. The summed E-state index contributed by atoms with van der Waals surface area (Å²) in [6.07, 6.45) is 11.4. The SMILES string of the molecule is Brc1ccc2cc3c4c(c5ccccc5n4c2n1)C1(C=C3)CCCCC1. The molecule has 0 atom stereocenters. The molecule has 1 aromatic carbocycles. The van der Waals surface area contributed by atoms with Gasteiger partial charge in [0.25, 0.3) is 0 Å². The average Bonchev–Trinajstić information content (AvgIpc) is 3.03. The van der Waals surface area contributed by atoms with Gasteiger partial charge in [-0.2, -0.15) is 0 Å². The van der Waals surface area contributed by atoms with E-state index in [2.05, 4.69) is 68.9 Å². The van der Waals surface area contributed by atoms with Crippen LogP contribution in [0.1, 0.15) is 43.2 Å². The lowest BCUT2D eigenvalue weighted by molar-refractivity contribution is 0.361. The Hall–Kier alpha value is -2.13. The Morgan fingerprint density at radius 1 is 1.00 bits per heavy atom. The molecule has 26 heavy (non-hydrogen) atoms. The number of hydrogen-bond acceptors (Lipinski definition) is 1. The molecule has 2 aliphatic rings. The third-order valence-corrected chi connectivity index (χ3v) is 6.81. The molecule has 0 aliphatic heterocycles. The van der Waals surface area contributed by atoms with Gasteiger partial charge in [0.15, 0.2) is 0 Å². The van der Waals surface area contributed by atoms with Gasteiger partial charge in [-0.05, 0) is 64.2 Å². The van der Waals surface area contributed by atoms with Crippen LogP contribution in [-0.2, 0) is 5.41 Å². The minimum absolute atomic E-state index is 0.194. The largest absolute Gasteiger partial charge is 0.293 e. The number of rotatable bonds is 0. The van der Waals surface area contributed by atoms with Crippen LogP contribution in [-0.4, -0.2) is 9.38 Å². The predicted octanol–water partition coefficient (Wildman–Crippen LogP) is 6.63. The van der Waals surface area contributed by atoms with Gasteiger partial charge in [0, 0.05) is 16.2 Å². The highest BCUT2D eigenvalue weighted by Gasteiger charge is 2.38. The number of aromatic nitrogens is 2. The lowest BCUT2D eigenvalue weighted by Crippen LogP contribution is -2.28. The smallest absolute Gasteiger partial charge is 0.146 e. The number of fused-ring (bicyclic) bond motifs is 6. The first kappa shape index (κ1) is 15.0. The van der Waals surface area contributed by atoms with Crippen LogP contribution in [0.2, 0.25) is 0 Å². The van der Waals surface area contributed by atoms with Crippen LogP contribution >= 0.6 is 15.9 Å². The van der Waals surface area contributed by atoms with Crippen molar-refractivity contribution < 1.29 is 0 Å². The van der Waals surface area contributed by atoms with Gasteiger partial charge in [-0.3, -0.25) is 4.40 Å². The summed E-state index contributed by atoms with van der Waals surface area (Å²) in [5, 5.41) is 2.58. The highest BCUT2D eigenvalue weighted by atomic mass is 79.9. The fourth-order valence-corrected chi connectivity index (χ4v) is 5.56. The molecule has 3 heteroatoms. The van der Waals surface area contributed by atoms with Crippen molar-refractivity contribution in [2.45, 2.75) is 37.5 Å². The molecule has 1 saturated carbocycles. The van der Waals surface area contributed by atoms with Gasteiger partial charge in [-0.15, -0.1) is 0 Å². The van der Waals surface area contributed by atoms with Crippen LogP contribution in [0, 0.1) is 0 Å². The molecule has 4 aromatic rings. The van der Waals surface area contributed by atoms with Crippen molar-refractivity contribution in [3.05, 3.63) is 64.3 Å². The molecular weight excluding hydrogens is 384 g/mol. The molecule has 0 radical (unpaired) electrons. The molecule has 0 unspecified atom stereocenters. The van der Waals surface area contributed by atoms with Gasteiger partial charge >= 0.3 is 0 Å².